The Bertz CT molecular complexity index is 4950. The summed E-state index contributed by atoms with van der Waals surface area (Å²) in [6.07, 6.45) is 5.86. The molecular weight excluding hydrogens is 893 g/mol. The zero-order chi connectivity index (χ0) is 48.1. The number of furan rings is 2. The first-order valence-electron chi connectivity index (χ1n) is 24.9. The van der Waals surface area contributed by atoms with E-state index in [9.17, 15) is 0 Å². The first-order chi connectivity index (χ1) is 36.1. The molecule has 0 aliphatic heterocycles. The normalized spacial score (nSPS) is 12.5. The molecule has 6 aromatic heterocycles. The summed E-state index contributed by atoms with van der Waals surface area (Å²) >= 11 is 0. The summed E-state index contributed by atoms with van der Waals surface area (Å²) in [6.45, 7) is 5.95. The molecular formula is C67H42N4O2. The van der Waals surface area contributed by atoms with E-state index in [2.05, 4.69) is 231 Å². The second kappa shape index (κ2) is 14.9. The molecule has 6 nitrogen and oxygen atoms in total. The minimum atomic E-state index is 0.842. The number of allylic oxidation sites excluding steroid dienone is 2. The van der Waals surface area contributed by atoms with Crippen molar-refractivity contribution >= 4 is 149 Å². The molecule has 0 saturated carbocycles. The number of fused-ring (bicyclic) bond motifs is 16. The number of benzene rings is 10. The van der Waals surface area contributed by atoms with Crippen LogP contribution in [-0.2, 0) is 0 Å². The molecule has 0 unspecified atom stereocenters. The van der Waals surface area contributed by atoms with E-state index in [0.29, 0.717) is 0 Å². The molecule has 0 bridgehead atoms. The van der Waals surface area contributed by atoms with Crippen LogP contribution in [0.3, 0.4) is 0 Å². The molecule has 0 amide bonds. The van der Waals surface area contributed by atoms with Gasteiger partial charge in [-0.2, -0.15) is 0 Å². The molecule has 16 rings (SSSR count). The number of hydrogen-bond acceptors (Lipinski definition) is 4. The van der Waals surface area contributed by atoms with E-state index < -0.39 is 0 Å². The summed E-state index contributed by atoms with van der Waals surface area (Å²) < 4.78 is 18.4. The van der Waals surface area contributed by atoms with Crippen LogP contribution < -0.4 is 9.80 Å². The van der Waals surface area contributed by atoms with E-state index in [1.807, 2.05) is 19.1 Å². The predicted octanol–water partition coefficient (Wildman–Crippen LogP) is 19.1. The van der Waals surface area contributed by atoms with Crippen molar-refractivity contribution < 1.29 is 8.83 Å². The van der Waals surface area contributed by atoms with Crippen LogP contribution in [0.5, 0.6) is 0 Å². The topological polar surface area (TPSA) is 41.6 Å². The highest BCUT2D eigenvalue weighted by molar-refractivity contribution is 6.29. The lowest BCUT2D eigenvalue weighted by atomic mass is 10.0. The number of rotatable bonds is 8. The fraction of sp³-hybridized carbons (Fsp3) is 0.0149. The molecule has 0 atom stereocenters. The van der Waals surface area contributed by atoms with E-state index >= 15 is 0 Å². The molecule has 10 aromatic carbocycles. The van der Waals surface area contributed by atoms with Gasteiger partial charge in [0, 0.05) is 87.6 Å². The van der Waals surface area contributed by atoms with Crippen molar-refractivity contribution in [1.82, 2.24) is 8.80 Å². The number of aryl methyl sites for hydroxylation is 1. The maximum atomic E-state index is 6.69. The van der Waals surface area contributed by atoms with Gasteiger partial charge < -0.3 is 27.4 Å². The van der Waals surface area contributed by atoms with Gasteiger partial charge in [-0.15, -0.1) is 0 Å². The molecule has 0 N–H and O–H groups in total. The summed E-state index contributed by atoms with van der Waals surface area (Å²) in [5, 5.41) is 13.1. The number of aromatic nitrogens is 2. The molecule has 0 aliphatic carbocycles. The quantitative estimate of drug-likeness (QED) is 0.142. The first kappa shape index (κ1) is 40.0. The van der Waals surface area contributed by atoms with E-state index in [1.165, 1.54) is 65.2 Å². The third kappa shape index (κ3) is 5.46. The lowest BCUT2D eigenvalue weighted by Crippen LogP contribution is -2.10. The fourth-order valence-electron chi connectivity index (χ4n) is 12.4. The van der Waals surface area contributed by atoms with Gasteiger partial charge in [0.05, 0.1) is 44.5 Å². The second-order valence-corrected chi connectivity index (χ2v) is 19.3. The predicted molar refractivity (Wildman–Crippen MR) is 306 cm³/mol. The maximum Gasteiger partial charge on any atom is 0.159 e. The van der Waals surface area contributed by atoms with Crippen molar-refractivity contribution in [2.24, 2.45) is 0 Å². The second-order valence-electron chi connectivity index (χ2n) is 19.3. The number of anilines is 6. The first-order valence-corrected chi connectivity index (χ1v) is 24.9. The zero-order valence-electron chi connectivity index (χ0n) is 39.7. The van der Waals surface area contributed by atoms with Crippen molar-refractivity contribution in [3.8, 4) is 0 Å². The summed E-state index contributed by atoms with van der Waals surface area (Å²) in [4.78, 5) is 4.68. The van der Waals surface area contributed by atoms with Crippen LogP contribution in [-0.4, -0.2) is 8.80 Å². The highest BCUT2D eigenvalue weighted by Crippen LogP contribution is 2.49. The fourth-order valence-corrected chi connectivity index (χ4v) is 12.4. The maximum absolute atomic E-state index is 6.69. The Morgan fingerprint density at radius 3 is 1.40 bits per heavy atom. The average Bonchev–Trinajstić information content (AvgIpc) is 4.29. The highest BCUT2D eigenvalue weighted by Gasteiger charge is 2.26. The third-order valence-electron chi connectivity index (χ3n) is 15.4. The van der Waals surface area contributed by atoms with E-state index in [0.717, 1.165) is 89.4 Å². The van der Waals surface area contributed by atoms with Gasteiger partial charge in [-0.1, -0.05) is 152 Å². The zero-order valence-corrected chi connectivity index (χ0v) is 39.7. The minimum Gasteiger partial charge on any atom is -0.459 e. The SMILES string of the molecule is C=C/C=C\c1c(C)oc2c(N(c3ccccc3)c3ccc4c5cccc6c7cc8c(cc7n(c4c3)c56)c3cccc4c5ccc(N(c6ccccc6)c6cccc7c6oc6ccccc67)cc5n8c43)cccc12. The van der Waals surface area contributed by atoms with Crippen LogP contribution in [0, 0.1) is 6.92 Å². The van der Waals surface area contributed by atoms with Crippen molar-refractivity contribution in [1.29, 1.82) is 0 Å². The van der Waals surface area contributed by atoms with Crippen LogP contribution in [0.2, 0.25) is 0 Å². The van der Waals surface area contributed by atoms with Gasteiger partial charge in [0.25, 0.3) is 0 Å². The molecule has 0 aliphatic rings. The van der Waals surface area contributed by atoms with Gasteiger partial charge in [0.15, 0.2) is 11.2 Å². The summed E-state index contributed by atoms with van der Waals surface area (Å²) in [5.74, 6) is 0.869. The van der Waals surface area contributed by atoms with Crippen molar-refractivity contribution in [2.75, 3.05) is 9.80 Å². The average molecular weight is 935 g/mol. The van der Waals surface area contributed by atoms with E-state index in [4.69, 9.17) is 8.83 Å². The third-order valence-corrected chi connectivity index (χ3v) is 15.4. The van der Waals surface area contributed by atoms with Gasteiger partial charge >= 0.3 is 0 Å². The molecule has 73 heavy (non-hydrogen) atoms. The van der Waals surface area contributed by atoms with Gasteiger partial charge in [-0.25, -0.2) is 0 Å². The molecule has 6 heterocycles. The lowest BCUT2D eigenvalue weighted by Gasteiger charge is -2.25. The molecule has 0 fully saturated rings. The molecule has 342 valence electrons. The minimum absolute atomic E-state index is 0.842. The van der Waals surface area contributed by atoms with Crippen molar-refractivity contribution in [3.63, 3.8) is 0 Å². The van der Waals surface area contributed by atoms with Crippen LogP contribution in [0.4, 0.5) is 34.1 Å². The Hall–Kier alpha value is -9.78. The Kier molecular flexibility index (Phi) is 8.15. The number of para-hydroxylation sites is 7. The van der Waals surface area contributed by atoms with Gasteiger partial charge in [-0.05, 0) is 85.8 Å². The monoisotopic (exact) mass is 934 g/mol. The van der Waals surface area contributed by atoms with E-state index in [-0.39, 0.29) is 0 Å². The smallest absolute Gasteiger partial charge is 0.159 e. The number of hydrogen-bond donors (Lipinski definition) is 0. The van der Waals surface area contributed by atoms with Crippen molar-refractivity contribution in [2.45, 2.75) is 6.92 Å². The largest absolute Gasteiger partial charge is 0.459 e. The van der Waals surface area contributed by atoms with Crippen LogP contribution >= 0.6 is 0 Å². The van der Waals surface area contributed by atoms with Crippen molar-refractivity contribution in [3.05, 3.63) is 236 Å². The summed E-state index contributed by atoms with van der Waals surface area (Å²) in [5.41, 5.74) is 17.0. The molecule has 0 saturated heterocycles. The molecule has 0 spiro atoms. The summed E-state index contributed by atoms with van der Waals surface area (Å²) in [6, 6.07) is 74.8. The highest BCUT2D eigenvalue weighted by atomic mass is 16.3. The Morgan fingerprint density at radius 1 is 0.384 bits per heavy atom. The molecule has 16 aromatic rings. The Balaban J connectivity index is 0.932. The van der Waals surface area contributed by atoms with Gasteiger partial charge in [0.1, 0.15) is 11.3 Å². The Morgan fingerprint density at radius 2 is 0.836 bits per heavy atom. The lowest BCUT2D eigenvalue weighted by molar-refractivity contribution is 0.578. The Labute approximate surface area is 418 Å². The number of nitrogens with zero attached hydrogens (tertiary/aromatic N) is 4. The van der Waals surface area contributed by atoms with Gasteiger partial charge in [0.2, 0.25) is 0 Å². The van der Waals surface area contributed by atoms with E-state index in [1.54, 1.807) is 6.08 Å². The van der Waals surface area contributed by atoms with Crippen LogP contribution in [0.1, 0.15) is 11.3 Å². The molecule has 0 radical (unpaired) electrons. The van der Waals surface area contributed by atoms with Gasteiger partial charge in [-0.3, -0.25) is 0 Å². The summed E-state index contributed by atoms with van der Waals surface area (Å²) in [7, 11) is 0. The van der Waals surface area contributed by atoms with Crippen LogP contribution in [0.25, 0.3) is 115 Å². The molecule has 6 heteroatoms. The van der Waals surface area contributed by atoms with Crippen LogP contribution in [0.15, 0.2) is 234 Å². The standard InChI is InChI=1S/C67H42N4O2/c1-3-4-21-45-40(2)72-66-53(45)27-15-29-57(66)68(41-17-7-5-8-18-41)43-32-34-46-49-23-13-25-51-55-39-62-56(38-61(55)70(64(49)51)59(46)36-43)52-26-14-24-50-47-35-33-44(37-60(47)71(62)65(50)52)69(42-19-9-6-10-20-42)58-30-16-28-54-48-22-11-12-31-63(48)73-67(54)58/h3-39H,1H2,2H3/b21-4-.